The lowest BCUT2D eigenvalue weighted by molar-refractivity contribution is 0.00696. The molecule has 0 aliphatic heterocycles. The minimum absolute atomic E-state index is 0.345. The van der Waals surface area contributed by atoms with Crippen molar-refractivity contribution in [1.82, 2.24) is 10.1 Å². The van der Waals surface area contributed by atoms with Gasteiger partial charge in [0.1, 0.15) is 5.60 Å². The lowest BCUT2D eigenvalue weighted by Gasteiger charge is -2.19. The Kier molecular flexibility index (Phi) is 3.14. The van der Waals surface area contributed by atoms with Gasteiger partial charge in [0.25, 0.3) is 0 Å². The monoisotopic (exact) mass is 246 g/mol. The molecule has 2 aromatic rings. The summed E-state index contributed by atoms with van der Waals surface area (Å²) < 4.78 is 9.93. The van der Waals surface area contributed by atoms with E-state index in [1.165, 1.54) is 6.39 Å². The third kappa shape index (κ3) is 2.94. The normalized spacial score (nSPS) is 11.3. The molecule has 1 aromatic heterocycles. The maximum absolute atomic E-state index is 11.8. The van der Waals surface area contributed by atoms with Crippen LogP contribution in [0, 0.1) is 0 Å². The van der Waals surface area contributed by atoms with Crippen molar-refractivity contribution in [2.75, 3.05) is 0 Å². The Morgan fingerprint density at radius 3 is 2.39 bits per heavy atom. The van der Waals surface area contributed by atoms with E-state index >= 15 is 0 Å². The quantitative estimate of drug-likeness (QED) is 0.762. The molecule has 0 aliphatic rings. The van der Waals surface area contributed by atoms with Crippen LogP contribution in [0.25, 0.3) is 11.4 Å². The average molecular weight is 246 g/mol. The van der Waals surface area contributed by atoms with Crippen molar-refractivity contribution in [3.8, 4) is 11.4 Å². The standard InChI is InChI=1S/C13H14N2O3/c1-13(2,3)18-12(16)10-6-4-9(5-7-10)11-14-8-17-15-11/h4-8H,1-3H3. The van der Waals surface area contributed by atoms with Crippen LogP contribution >= 0.6 is 0 Å². The van der Waals surface area contributed by atoms with E-state index in [2.05, 4.69) is 14.7 Å². The molecule has 1 heterocycles. The molecule has 0 atom stereocenters. The number of hydrogen-bond acceptors (Lipinski definition) is 5. The van der Waals surface area contributed by atoms with Crippen molar-refractivity contribution in [1.29, 1.82) is 0 Å². The summed E-state index contributed by atoms with van der Waals surface area (Å²) in [6, 6.07) is 6.87. The Labute approximate surface area is 105 Å². The smallest absolute Gasteiger partial charge is 0.338 e. The molecule has 0 saturated carbocycles. The highest BCUT2D eigenvalue weighted by atomic mass is 16.6. The fourth-order valence-corrected chi connectivity index (χ4v) is 1.39. The van der Waals surface area contributed by atoms with Gasteiger partial charge in [0, 0.05) is 5.56 Å². The minimum Gasteiger partial charge on any atom is -0.456 e. The van der Waals surface area contributed by atoms with Crippen LogP contribution in [0.2, 0.25) is 0 Å². The highest BCUT2D eigenvalue weighted by molar-refractivity contribution is 5.90. The second-order valence-electron chi connectivity index (χ2n) is 4.83. The lowest BCUT2D eigenvalue weighted by Crippen LogP contribution is -2.23. The van der Waals surface area contributed by atoms with Crippen molar-refractivity contribution in [3.63, 3.8) is 0 Å². The van der Waals surface area contributed by atoms with Gasteiger partial charge in [0.2, 0.25) is 12.2 Å². The van der Waals surface area contributed by atoms with E-state index in [4.69, 9.17) is 4.74 Å². The van der Waals surface area contributed by atoms with Gasteiger partial charge < -0.3 is 9.26 Å². The van der Waals surface area contributed by atoms with E-state index < -0.39 is 5.60 Å². The number of rotatable bonds is 2. The van der Waals surface area contributed by atoms with Crippen molar-refractivity contribution in [2.45, 2.75) is 26.4 Å². The van der Waals surface area contributed by atoms with Crippen molar-refractivity contribution in [2.24, 2.45) is 0 Å². The summed E-state index contributed by atoms with van der Waals surface area (Å²) in [4.78, 5) is 15.7. The highest BCUT2D eigenvalue weighted by Crippen LogP contribution is 2.17. The van der Waals surface area contributed by atoms with Gasteiger partial charge in [-0.1, -0.05) is 17.3 Å². The zero-order valence-corrected chi connectivity index (χ0v) is 10.5. The predicted octanol–water partition coefficient (Wildman–Crippen LogP) is 2.69. The van der Waals surface area contributed by atoms with Crippen LogP contribution in [0.1, 0.15) is 31.1 Å². The fraction of sp³-hybridized carbons (Fsp3) is 0.308. The first-order valence-corrected chi connectivity index (χ1v) is 5.56. The van der Waals surface area contributed by atoms with E-state index in [1.54, 1.807) is 24.3 Å². The van der Waals surface area contributed by atoms with Gasteiger partial charge in [-0.05, 0) is 32.9 Å². The van der Waals surface area contributed by atoms with Crippen molar-refractivity contribution < 1.29 is 14.1 Å². The van der Waals surface area contributed by atoms with Crippen LogP contribution in [0.4, 0.5) is 0 Å². The van der Waals surface area contributed by atoms with Gasteiger partial charge >= 0.3 is 5.97 Å². The number of nitrogens with zero attached hydrogens (tertiary/aromatic N) is 2. The van der Waals surface area contributed by atoms with Crippen molar-refractivity contribution in [3.05, 3.63) is 36.2 Å². The summed E-state index contributed by atoms with van der Waals surface area (Å²) in [7, 11) is 0. The van der Waals surface area contributed by atoms with Gasteiger partial charge in [0.15, 0.2) is 0 Å². The van der Waals surface area contributed by atoms with Gasteiger partial charge in [-0.15, -0.1) is 0 Å². The van der Waals surface area contributed by atoms with Gasteiger partial charge in [0.05, 0.1) is 5.56 Å². The van der Waals surface area contributed by atoms with Crippen molar-refractivity contribution >= 4 is 5.97 Å². The number of benzene rings is 1. The average Bonchev–Trinajstić information content (AvgIpc) is 2.80. The first-order valence-electron chi connectivity index (χ1n) is 5.56. The molecule has 0 amide bonds. The maximum Gasteiger partial charge on any atom is 0.338 e. The summed E-state index contributed by atoms with van der Waals surface area (Å²) in [6.45, 7) is 5.50. The highest BCUT2D eigenvalue weighted by Gasteiger charge is 2.17. The molecule has 0 spiro atoms. The molecule has 1 aromatic carbocycles. The van der Waals surface area contributed by atoms with Gasteiger partial charge in [-0.25, -0.2) is 4.79 Å². The van der Waals surface area contributed by atoms with Gasteiger partial charge in [-0.3, -0.25) is 0 Å². The number of ether oxygens (including phenoxy) is 1. The van der Waals surface area contributed by atoms with Crippen LogP contribution in [0.15, 0.2) is 35.2 Å². The summed E-state index contributed by atoms with van der Waals surface area (Å²) in [5, 5.41) is 3.72. The Morgan fingerprint density at radius 2 is 1.89 bits per heavy atom. The molecule has 0 N–H and O–H groups in total. The first kappa shape index (κ1) is 12.3. The molecule has 18 heavy (non-hydrogen) atoms. The Morgan fingerprint density at radius 1 is 1.22 bits per heavy atom. The SMILES string of the molecule is CC(C)(C)OC(=O)c1ccc(-c2ncon2)cc1. The number of carbonyl (C=O) groups excluding carboxylic acids is 1. The van der Waals surface area contributed by atoms with E-state index in [0.717, 1.165) is 5.56 Å². The zero-order chi connectivity index (χ0) is 13.2. The number of esters is 1. The Bertz CT molecular complexity index is 524. The molecular formula is C13H14N2O3. The summed E-state index contributed by atoms with van der Waals surface area (Å²) in [5.41, 5.74) is 0.789. The van der Waals surface area contributed by atoms with E-state index in [0.29, 0.717) is 11.4 Å². The van der Waals surface area contributed by atoms with Crippen LogP contribution in [0.3, 0.4) is 0 Å². The molecule has 0 aliphatic carbocycles. The molecule has 0 saturated heterocycles. The molecule has 0 bridgehead atoms. The second kappa shape index (κ2) is 4.60. The largest absolute Gasteiger partial charge is 0.456 e. The molecule has 0 fully saturated rings. The lowest BCUT2D eigenvalue weighted by atomic mass is 10.1. The molecule has 5 nitrogen and oxygen atoms in total. The Hall–Kier alpha value is -2.17. The molecule has 0 unspecified atom stereocenters. The predicted molar refractivity (Wildman–Crippen MR) is 64.9 cm³/mol. The molecule has 2 rings (SSSR count). The first-order chi connectivity index (χ1) is 8.46. The van der Waals surface area contributed by atoms with Crippen LogP contribution < -0.4 is 0 Å². The van der Waals surface area contributed by atoms with Crippen LogP contribution in [0.5, 0.6) is 0 Å². The third-order valence-corrected chi connectivity index (χ3v) is 2.14. The Balaban J connectivity index is 2.15. The fourth-order valence-electron chi connectivity index (χ4n) is 1.39. The van der Waals surface area contributed by atoms with E-state index in [-0.39, 0.29) is 5.97 Å². The van der Waals surface area contributed by atoms with Crippen LogP contribution in [-0.2, 0) is 4.74 Å². The zero-order valence-electron chi connectivity index (χ0n) is 10.5. The third-order valence-electron chi connectivity index (χ3n) is 2.14. The number of carbonyl (C=O) groups is 1. The number of hydrogen-bond donors (Lipinski definition) is 0. The van der Waals surface area contributed by atoms with E-state index in [9.17, 15) is 4.79 Å². The van der Waals surface area contributed by atoms with Crippen LogP contribution in [-0.4, -0.2) is 21.7 Å². The second-order valence-corrected chi connectivity index (χ2v) is 4.83. The van der Waals surface area contributed by atoms with Gasteiger partial charge in [-0.2, -0.15) is 4.98 Å². The summed E-state index contributed by atoms with van der Waals surface area (Å²) in [6.07, 6.45) is 1.26. The summed E-state index contributed by atoms with van der Waals surface area (Å²) in [5.74, 6) is 0.146. The molecule has 94 valence electrons. The maximum atomic E-state index is 11.8. The van der Waals surface area contributed by atoms with E-state index in [1.807, 2.05) is 20.8 Å². The topological polar surface area (TPSA) is 65.2 Å². The number of aromatic nitrogens is 2. The summed E-state index contributed by atoms with van der Waals surface area (Å²) >= 11 is 0. The molecular weight excluding hydrogens is 232 g/mol. The molecule has 0 radical (unpaired) electrons. The molecule has 5 heteroatoms. The minimum atomic E-state index is -0.497.